The van der Waals surface area contributed by atoms with Gasteiger partial charge in [0.2, 0.25) is 0 Å². The zero-order valence-corrected chi connectivity index (χ0v) is 8.83. The fourth-order valence-corrected chi connectivity index (χ4v) is 2.35. The second-order valence-corrected chi connectivity index (χ2v) is 4.18. The molecule has 62 valence electrons. The lowest BCUT2D eigenvalue weighted by atomic mass is 10.3. The largest absolute Gasteiger partial charge is 0.486 e. The van der Waals surface area contributed by atoms with Crippen LogP contribution in [0.5, 0.6) is 5.06 Å². The lowest BCUT2D eigenvalue weighted by Crippen LogP contribution is -2.01. The Morgan fingerprint density at radius 3 is 2.64 bits per heavy atom. The van der Waals surface area contributed by atoms with Gasteiger partial charge in [-0.2, -0.15) is 0 Å². The maximum Gasteiger partial charge on any atom is 0.188 e. The number of ether oxygens (including phenoxy) is 1. The van der Waals surface area contributed by atoms with Crippen molar-refractivity contribution in [3.05, 3.63) is 15.4 Å². The van der Waals surface area contributed by atoms with Gasteiger partial charge in [-0.1, -0.05) is 0 Å². The first-order valence-corrected chi connectivity index (χ1v) is 4.85. The number of hydrogen-bond acceptors (Lipinski definition) is 3. The number of hydrogen-bond donors (Lipinski definition) is 1. The Balaban J connectivity index is 2.95. The predicted octanol–water partition coefficient (Wildman–Crippen LogP) is 2.54. The lowest BCUT2D eigenvalue weighted by molar-refractivity contribution is 0.425. The van der Waals surface area contributed by atoms with E-state index in [9.17, 15) is 0 Å². The van der Waals surface area contributed by atoms with E-state index in [1.54, 1.807) is 18.4 Å². The molecule has 1 atom stereocenters. The van der Waals surface area contributed by atoms with Crippen molar-refractivity contribution in [2.45, 2.75) is 13.0 Å². The smallest absolute Gasteiger partial charge is 0.188 e. The van der Waals surface area contributed by atoms with Gasteiger partial charge >= 0.3 is 0 Å². The third kappa shape index (κ3) is 1.95. The van der Waals surface area contributed by atoms with Gasteiger partial charge in [-0.15, -0.1) is 11.3 Å². The molecule has 0 aromatic carbocycles. The molecule has 0 radical (unpaired) electrons. The van der Waals surface area contributed by atoms with Gasteiger partial charge in [0.1, 0.15) is 0 Å². The van der Waals surface area contributed by atoms with E-state index < -0.39 is 0 Å². The Morgan fingerprint density at radius 1 is 1.73 bits per heavy atom. The highest BCUT2D eigenvalue weighted by Gasteiger charge is 2.08. The molecule has 1 rings (SSSR count). The summed E-state index contributed by atoms with van der Waals surface area (Å²) >= 11 is 4.95. The summed E-state index contributed by atoms with van der Waals surface area (Å²) in [6.45, 7) is 1.96. The maximum absolute atomic E-state index is 5.68. The number of thiophene rings is 1. The van der Waals surface area contributed by atoms with Crippen molar-refractivity contribution in [3.63, 3.8) is 0 Å². The van der Waals surface area contributed by atoms with Crippen molar-refractivity contribution in [1.29, 1.82) is 0 Å². The van der Waals surface area contributed by atoms with Gasteiger partial charge in [0.05, 0.1) is 11.6 Å². The third-order valence-corrected chi connectivity index (χ3v) is 3.46. The fraction of sp³-hybridized carbons (Fsp3) is 0.429. The topological polar surface area (TPSA) is 35.2 Å². The monoisotopic (exact) mass is 235 g/mol. The van der Waals surface area contributed by atoms with Crippen LogP contribution in [0.15, 0.2) is 10.5 Å². The third-order valence-electron chi connectivity index (χ3n) is 1.31. The number of rotatable bonds is 2. The standard InChI is InChI=1S/C7H10BrNOS/c1-4(9)6-3-5(8)7(10-2)11-6/h3-4H,9H2,1-2H3/t4-/m0/s1. The van der Waals surface area contributed by atoms with E-state index >= 15 is 0 Å². The molecule has 0 aliphatic carbocycles. The van der Waals surface area contributed by atoms with Crippen LogP contribution in [0, 0.1) is 0 Å². The summed E-state index contributed by atoms with van der Waals surface area (Å²) < 4.78 is 6.08. The second kappa shape index (κ2) is 3.56. The molecule has 2 nitrogen and oxygen atoms in total. The van der Waals surface area contributed by atoms with Gasteiger partial charge in [-0.05, 0) is 28.9 Å². The average Bonchev–Trinajstić information content (AvgIpc) is 2.31. The van der Waals surface area contributed by atoms with Gasteiger partial charge in [0, 0.05) is 10.9 Å². The molecular formula is C7H10BrNOS. The van der Waals surface area contributed by atoms with Gasteiger partial charge in [-0.3, -0.25) is 0 Å². The molecule has 0 bridgehead atoms. The van der Waals surface area contributed by atoms with Gasteiger partial charge in [-0.25, -0.2) is 0 Å². The molecule has 0 spiro atoms. The maximum atomic E-state index is 5.68. The summed E-state index contributed by atoms with van der Waals surface area (Å²) in [6.07, 6.45) is 0. The minimum absolute atomic E-state index is 0.0835. The molecule has 0 saturated carbocycles. The minimum Gasteiger partial charge on any atom is -0.486 e. The highest BCUT2D eigenvalue weighted by atomic mass is 79.9. The lowest BCUT2D eigenvalue weighted by Gasteiger charge is -1.97. The van der Waals surface area contributed by atoms with Gasteiger partial charge in [0.15, 0.2) is 5.06 Å². The van der Waals surface area contributed by atoms with Crippen molar-refractivity contribution in [2.75, 3.05) is 7.11 Å². The molecule has 0 unspecified atom stereocenters. The molecule has 0 saturated heterocycles. The first-order chi connectivity index (χ1) is 5.15. The Morgan fingerprint density at radius 2 is 2.36 bits per heavy atom. The first-order valence-electron chi connectivity index (χ1n) is 3.24. The van der Waals surface area contributed by atoms with E-state index in [4.69, 9.17) is 10.5 Å². The minimum atomic E-state index is 0.0835. The molecule has 11 heavy (non-hydrogen) atoms. The van der Waals surface area contributed by atoms with Crippen molar-refractivity contribution >= 4 is 27.3 Å². The normalized spacial score (nSPS) is 13.1. The van der Waals surface area contributed by atoms with E-state index in [2.05, 4.69) is 15.9 Å². The SMILES string of the molecule is COc1sc([C@H](C)N)cc1Br. The molecule has 2 N–H and O–H groups in total. The summed E-state index contributed by atoms with van der Waals surface area (Å²) in [5.41, 5.74) is 5.68. The molecule has 0 aliphatic rings. The highest BCUT2D eigenvalue weighted by molar-refractivity contribution is 9.10. The summed E-state index contributed by atoms with van der Waals surface area (Å²) in [7, 11) is 1.65. The Hall–Kier alpha value is -0.0600. The second-order valence-electron chi connectivity index (χ2n) is 2.28. The zero-order valence-electron chi connectivity index (χ0n) is 6.43. The molecule has 1 aromatic rings. The van der Waals surface area contributed by atoms with Crippen LogP contribution in [0.1, 0.15) is 17.8 Å². The molecule has 4 heteroatoms. The van der Waals surface area contributed by atoms with Gasteiger partial charge in [0.25, 0.3) is 0 Å². The zero-order chi connectivity index (χ0) is 8.43. The Bertz CT molecular complexity index is 247. The van der Waals surface area contributed by atoms with Crippen molar-refractivity contribution in [1.82, 2.24) is 0 Å². The molecule has 0 fully saturated rings. The quantitative estimate of drug-likeness (QED) is 0.856. The molecule has 0 aliphatic heterocycles. The van der Waals surface area contributed by atoms with E-state index in [0.717, 1.165) is 14.4 Å². The van der Waals surface area contributed by atoms with Crippen molar-refractivity contribution < 1.29 is 4.74 Å². The van der Waals surface area contributed by atoms with Crippen LogP contribution in [0.3, 0.4) is 0 Å². The predicted molar refractivity (Wildman–Crippen MR) is 51.2 cm³/mol. The summed E-state index contributed by atoms with van der Waals surface area (Å²) in [4.78, 5) is 1.13. The Labute approximate surface area is 78.5 Å². The van der Waals surface area contributed by atoms with E-state index in [0.29, 0.717) is 0 Å². The van der Waals surface area contributed by atoms with Crippen molar-refractivity contribution in [2.24, 2.45) is 5.73 Å². The van der Waals surface area contributed by atoms with Crippen LogP contribution < -0.4 is 10.5 Å². The number of methoxy groups -OCH3 is 1. The van der Waals surface area contributed by atoms with Crippen LogP contribution in [0.2, 0.25) is 0 Å². The van der Waals surface area contributed by atoms with Crippen LogP contribution in [-0.2, 0) is 0 Å². The van der Waals surface area contributed by atoms with Gasteiger partial charge < -0.3 is 10.5 Å². The average molecular weight is 236 g/mol. The van der Waals surface area contributed by atoms with Crippen LogP contribution in [-0.4, -0.2) is 7.11 Å². The van der Waals surface area contributed by atoms with E-state index in [1.807, 2.05) is 13.0 Å². The Kier molecular flexibility index (Phi) is 2.92. The molecule has 0 amide bonds. The number of halogens is 1. The van der Waals surface area contributed by atoms with Crippen molar-refractivity contribution in [3.8, 4) is 5.06 Å². The van der Waals surface area contributed by atoms with Crippen LogP contribution in [0.4, 0.5) is 0 Å². The summed E-state index contributed by atoms with van der Waals surface area (Å²) in [5.74, 6) is 0. The van der Waals surface area contributed by atoms with E-state index in [-0.39, 0.29) is 6.04 Å². The molecule has 1 aromatic heterocycles. The fourth-order valence-electron chi connectivity index (χ4n) is 0.733. The number of nitrogens with two attached hydrogens (primary N) is 1. The molecular weight excluding hydrogens is 226 g/mol. The van der Waals surface area contributed by atoms with Crippen LogP contribution >= 0.6 is 27.3 Å². The summed E-state index contributed by atoms with van der Waals surface area (Å²) in [5, 5.41) is 0.886. The van der Waals surface area contributed by atoms with E-state index in [1.165, 1.54) is 0 Å². The summed E-state index contributed by atoms with van der Waals surface area (Å²) in [6, 6.07) is 2.08. The first kappa shape index (κ1) is 9.03. The van der Waals surface area contributed by atoms with Crippen LogP contribution in [0.25, 0.3) is 0 Å². The highest BCUT2D eigenvalue weighted by Crippen LogP contribution is 2.36. The molecule has 1 heterocycles.